The summed E-state index contributed by atoms with van der Waals surface area (Å²) in [7, 11) is 0. The standard InChI is InChI=1S/C21H25N3OS/c1-3-24(13-16-7-5-4-6-8-16)14-20(25)23-21-18(12-22)17-10-9-15(2)11-19(17)26-21/h4-8,15H,3,9-11,13-14H2,1-2H3,(H,23,25)/t15-/m1/s1. The van der Waals surface area contributed by atoms with E-state index in [1.165, 1.54) is 10.4 Å². The lowest BCUT2D eigenvalue weighted by atomic mass is 9.89. The normalized spacial score (nSPS) is 16.2. The van der Waals surface area contributed by atoms with Crippen molar-refractivity contribution in [3.63, 3.8) is 0 Å². The van der Waals surface area contributed by atoms with E-state index in [9.17, 15) is 10.1 Å². The molecule has 4 nitrogen and oxygen atoms in total. The maximum Gasteiger partial charge on any atom is 0.239 e. The van der Waals surface area contributed by atoms with E-state index in [4.69, 9.17) is 0 Å². The molecule has 0 spiro atoms. The second-order valence-corrected chi connectivity index (χ2v) is 8.11. The Bertz CT molecular complexity index is 807. The second-order valence-electron chi connectivity index (χ2n) is 7.00. The van der Waals surface area contributed by atoms with Crippen molar-refractivity contribution in [2.45, 2.75) is 39.7 Å². The van der Waals surface area contributed by atoms with E-state index in [0.717, 1.165) is 42.9 Å². The van der Waals surface area contributed by atoms with E-state index in [2.05, 4.69) is 42.3 Å². The highest BCUT2D eigenvalue weighted by Crippen LogP contribution is 2.39. The first-order valence-electron chi connectivity index (χ1n) is 9.21. The van der Waals surface area contributed by atoms with E-state index in [-0.39, 0.29) is 5.91 Å². The number of likely N-dealkylation sites (N-methyl/N-ethyl adjacent to an activating group) is 1. The molecule has 1 atom stereocenters. The van der Waals surface area contributed by atoms with Gasteiger partial charge in [0.15, 0.2) is 0 Å². The third kappa shape index (κ3) is 4.32. The number of nitrogens with one attached hydrogen (secondary N) is 1. The van der Waals surface area contributed by atoms with Gasteiger partial charge in [0.05, 0.1) is 12.1 Å². The Hall–Kier alpha value is -2.16. The van der Waals surface area contributed by atoms with Crippen LogP contribution in [0.3, 0.4) is 0 Å². The summed E-state index contributed by atoms with van der Waals surface area (Å²) in [6, 6.07) is 12.5. The highest BCUT2D eigenvalue weighted by atomic mass is 32.1. The number of benzene rings is 1. The molecule has 26 heavy (non-hydrogen) atoms. The van der Waals surface area contributed by atoms with Crippen molar-refractivity contribution in [1.29, 1.82) is 5.26 Å². The smallest absolute Gasteiger partial charge is 0.239 e. The number of hydrogen-bond acceptors (Lipinski definition) is 4. The van der Waals surface area contributed by atoms with Gasteiger partial charge >= 0.3 is 0 Å². The quantitative estimate of drug-likeness (QED) is 0.832. The molecule has 1 aromatic carbocycles. The van der Waals surface area contributed by atoms with Crippen LogP contribution in [0.4, 0.5) is 5.00 Å². The molecule has 5 heteroatoms. The Balaban J connectivity index is 1.67. The molecule has 0 aliphatic heterocycles. The first-order chi connectivity index (χ1) is 12.6. The molecule has 2 aromatic rings. The number of anilines is 1. The molecule has 1 N–H and O–H groups in total. The first-order valence-corrected chi connectivity index (χ1v) is 10.0. The molecular formula is C21H25N3OS. The lowest BCUT2D eigenvalue weighted by Gasteiger charge is -2.19. The Morgan fingerprint density at radius 2 is 2.15 bits per heavy atom. The zero-order valence-electron chi connectivity index (χ0n) is 15.4. The largest absolute Gasteiger partial charge is 0.315 e. The van der Waals surface area contributed by atoms with Crippen LogP contribution in [0.15, 0.2) is 30.3 Å². The summed E-state index contributed by atoms with van der Waals surface area (Å²) >= 11 is 1.58. The van der Waals surface area contributed by atoms with Gasteiger partial charge in [0, 0.05) is 11.4 Å². The van der Waals surface area contributed by atoms with E-state index in [1.54, 1.807) is 11.3 Å². The van der Waals surface area contributed by atoms with Crippen LogP contribution < -0.4 is 5.32 Å². The lowest BCUT2D eigenvalue weighted by molar-refractivity contribution is -0.117. The van der Waals surface area contributed by atoms with Crippen molar-refractivity contribution in [3.8, 4) is 6.07 Å². The van der Waals surface area contributed by atoms with Gasteiger partial charge in [-0.05, 0) is 42.9 Å². The van der Waals surface area contributed by atoms with Gasteiger partial charge in [-0.3, -0.25) is 9.69 Å². The number of amides is 1. The number of rotatable bonds is 6. The summed E-state index contributed by atoms with van der Waals surface area (Å²) < 4.78 is 0. The van der Waals surface area contributed by atoms with Crippen LogP contribution in [-0.4, -0.2) is 23.9 Å². The summed E-state index contributed by atoms with van der Waals surface area (Å²) in [6.07, 6.45) is 3.08. The van der Waals surface area contributed by atoms with Gasteiger partial charge in [0.25, 0.3) is 0 Å². The fraction of sp³-hybridized carbons (Fsp3) is 0.429. The van der Waals surface area contributed by atoms with Crippen molar-refractivity contribution in [1.82, 2.24) is 4.90 Å². The molecule has 0 bridgehead atoms. The molecule has 0 unspecified atom stereocenters. The van der Waals surface area contributed by atoms with Crippen LogP contribution in [0, 0.1) is 17.2 Å². The Morgan fingerprint density at radius 1 is 1.38 bits per heavy atom. The highest BCUT2D eigenvalue weighted by molar-refractivity contribution is 7.16. The molecule has 136 valence electrons. The summed E-state index contributed by atoms with van der Waals surface area (Å²) in [4.78, 5) is 15.9. The van der Waals surface area contributed by atoms with Gasteiger partial charge in [0.1, 0.15) is 11.1 Å². The van der Waals surface area contributed by atoms with Gasteiger partial charge in [-0.25, -0.2) is 0 Å². The van der Waals surface area contributed by atoms with Gasteiger partial charge in [-0.2, -0.15) is 5.26 Å². The van der Waals surface area contributed by atoms with E-state index < -0.39 is 0 Å². The minimum atomic E-state index is -0.0501. The number of carbonyl (C=O) groups excluding carboxylic acids is 1. The minimum Gasteiger partial charge on any atom is -0.315 e. The Morgan fingerprint density at radius 3 is 2.85 bits per heavy atom. The van der Waals surface area contributed by atoms with Crippen LogP contribution in [-0.2, 0) is 24.2 Å². The van der Waals surface area contributed by atoms with Gasteiger partial charge in [-0.15, -0.1) is 11.3 Å². The summed E-state index contributed by atoms with van der Waals surface area (Å²) in [6.45, 7) is 6.17. The molecule has 1 amide bonds. The predicted molar refractivity (Wildman–Crippen MR) is 106 cm³/mol. The zero-order chi connectivity index (χ0) is 18.5. The van der Waals surface area contributed by atoms with E-state index in [1.807, 2.05) is 18.2 Å². The van der Waals surface area contributed by atoms with Crippen LogP contribution >= 0.6 is 11.3 Å². The van der Waals surface area contributed by atoms with Crippen LogP contribution in [0.25, 0.3) is 0 Å². The maximum atomic E-state index is 12.6. The van der Waals surface area contributed by atoms with Crippen molar-refractivity contribution in [3.05, 3.63) is 51.9 Å². The van der Waals surface area contributed by atoms with Crippen molar-refractivity contribution >= 4 is 22.2 Å². The van der Waals surface area contributed by atoms with Gasteiger partial charge in [0.2, 0.25) is 5.91 Å². The first kappa shape index (κ1) is 18.6. The second kappa shape index (κ2) is 8.48. The van der Waals surface area contributed by atoms with Crippen molar-refractivity contribution < 1.29 is 4.79 Å². The zero-order valence-corrected chi connectivity index (χ0v) is 16.2. The molecule has 0 fully saturated rings. The number of fused-ring (bicyclic) bond motifs is 1. The molecule has 1 heterocycles. The van der Waals surface area contributed by atoms with Gasteiger partial charge < -0.3 is 5.32 Å². The van der Waals surface area contributed by atoms with Crippen LogP contribution in [0.2, 0.25) is 0 Å². The average molecular weight is 368 g/mol. The molecule has 1 aliphatic rings. The third-order valence-electron chi connectivity index (χ3n) is 4.94. The summed E-state index contributed by atoms with van der Waals surface area (Å²) in [5.41, 5.74) is 3.03. The third-order valence-corrected chi connectivity index (χ3v) is 6.11. The molecule has 3 rings (SSSR count). The van der Waals surface area contributed by atoms with Crippen LogP contribution in [0.1, 0.15) is 41.8 Å². The fourth-order valence-electron chi connectivity index (χ4n) is 3.45. The minimum absolute atomic E-state index is 0.0501. The Kier molecular flexibility index (Phi) is 6.08. The summed E-state index contributed by atoms with van der Waals surface area (Å²) in [5.74, 6) is 0.601. The molecule has 1 aromatic heterocycles. The van der Waals surface area contributed by atoms with E-state index in [0.29, 0.717) is 18.0 Å². The number of nitriles is 1. The topological polar surface area (TPSA) is 56.1 Å². The summed E-state index contributed by atoms with van der Waals surface area (Å²) in [5, 5.41) is 13.3. The molecule has 1 aliphatic carbocycles. The number of carbonyl (C=O) groups is 1. The predicted octanol–water partition coefficient (Wildman–Crippen LogP) is 4.21. The van der Waals surface area contributed by atoms with Crippen molar-refractivity contribution in [2.24, 2.45) is 5.92 Å². The molecule has 0 saturated carbocycles. The highest BCUT2D eigenvalue weighted by Gasteiger charge is 2.24. The monoisotopic (exact) mass is 367 g/mol. The number of nitrogens with zero attached hydrogens (tertiary/aromatic N) is 2. The molecule has 0 saturated heterocycles. The average Bonchev–Trinajstić information content (AvgIpc) is 2.97. The Labute approximate surface area is 159 Å². The van der Waals surface area contributed by atoms with Crippen molar-refractivity contribution in [2.75, 3.05) is 18.4 Å². The molecular weight excluding hydrogens is 342 g/mol. The van der Waals surface area contributed by atoms with Crippen LogP contribution in [0.5, 0.6) is 0 Å². The maximum absolute atomic E-state index is 12.6. The molecule has 0 radical (unpaired) electrons. The fourth-order valence-corrected chi connectivity index (χ4v) is 4.82. The number of thiophene rings is 1. The lowest BCUT2D eigenvalue weighted by Crippen LogP contribution is -2.32. The van der Waals surface area contributed by atoms with Gasteiger partial charge in [-0.1, -0.05) is 44.2 Å². The number of hydrogen-bond donors (Lipinski definition) is 1. The SMILES string of the molecule is CCN(CC(=O)Nc1sc2c(c1C#N)CC[C@@H](C)C2)Cc1ccccc1. The van der Waals surface area contributed by atoms with E-state index >= 15 is 0 Å².